The number of rotatable bonds is 10. The lowest BCUT2D eigenvalue weighted by Gasteiger charge is -2.08. The lowest BCUT2D eigenvalue weighted by atomic mass is 10.1. The van der Waals surface area contributed by atoms with Crippen molar-refractivity contribution in [1.82, 2.24) is 10.6 Å². The van der Waals surface area contributed by atoms with E-state index < -0.39 is 18.5 Å². The average Bonchev–Trinajstić information content (AvgIpc) is 2.75. The van der Waals surface area contributed by atoms with E-state index in [9.17, 15) is 19.2 Å². The van der Waals surface area contributed by atoms with Crippen molar-refractivity contribution in [2.24, 2.45) is 0 Å². The summed E-state index contributed by atoms with van der Waals surface area (Å²) < 4.78 is 4.88. The number of carbonyl (C=O) groups is 4. The van der Waals surface area contributed by atoms with Crippen molar-refractivity contribution in [1.29, 1.82) is 0 Å². The van der Waals surface area contributed by atoms with Crippen LogP contribution in [-0.4, -0.2) is 43.3 Å². The second-order valence-electron chi connectivity index (χ2n) is 6.35. The largest absolute Gasteiger partial charge is 0.456 e. The lowest BCUT2D eigenvalue weighted by Crippen LogP contribution is -2.40. The van der Waals surface area contributed by atoms with E-state index in [0.717, 1.165) is 17.5 Å². The summed E-state index contributed by atoms with van der Waals surface area (Å²) in [6.07, 6.45) is 1.04. The Balaban J connectivity index is 1.63. The number of hydrogen-bond acceptors (Lipinski definition) is 5. The molecule has 0 fully saturated rings. The van der Waals surface area contributed by atoms with Gasteiger partial charge in [-0.05, 0) is 17.5 Å². The van der Waals surface area contributed by atoms with Gasteiger partial charge in [-0.25, -0.2) is 0 Å². The highest BCUT2D eigenvalue weighted by atomic mass is 16.5. The van der Waals surface area contributed by atoms with E-state index in [-0.39, 0.29) is 31.2 Å². The standard InChI is InChI=1S/C22H24N2O5/c1-2-16-8-10-18(11-9-16)19(25)15-29-22(28)14-24-21(27)13-23-20(26)12-17-6-4-3-5-7-17/h3-11H,2,12-15H2,1H3,(H,23,26)(H,24,27). The maximum absolute atomic E-state index is 12.0. The molecule has 0 saturated carbocycles. The van der Waals surface area contributed by atoms with E-state index in [1.165, 1.54) is 0 Å². The van der Waals surface area contributed by atoms with Gasteiger partial charge in [-0.15, -0.1) is 0 Å². The molecule has 7 nitrogen and oxygen atoms in total. The van der Waals surface area contributed by atoms with Crippen molar-refractivity contribution in [2.45, 2.75) is 19.8 Å². The second-order valence-corrected chi connectivity index (χ2v) is 6.35. The summed E-state index contributed by atoms with van der Waals surface area (Å²) >= 11 is 0. The van der Waals surface area contributed by atoms with Gasteiger partial charge in [0, 0.05) is 5.56 Å². The van der Waals surface area contributed by atoms with Gasteiger partial charge in [-0.1, -0.05) is 61.5 Å². The van der Waals surface area contributed by atoms with Gasteiger partial charge >= 0.3 is 5.97 Å². The van der Waals surface area contributed by atoms with Crippen LogP contribution in [0, 0.1) is 0 Å². The molecule has 0 heterocycles. The Hall–Kier alpha value is -3.48. The molecule has 2 amide bonds. The number of Topliss-reactive ketones (excluding diaryl/α,β-unsaturated/α-hetero) is 1. The van der Waals surface area contributed by atoms with Crippen molar-refractivity contribution in [3.63, 3.8) is 0 Å². The first-order chi connectivity index (χ1) is 14.0. The smallest absolute Gasteiger partial charge is 0.325 e. The van der Waals surface area contributed by atoms with Crippen LogP contribution in [0.25, 0.3) is 0 Å². The number of carbonyl (C=O) groups excluding carboxylic acids is 4. The third-order valence-electron chi connectivity index (χ3n) is 4.13. The van der Waals surface area contributed by atoms with Gasteiger partial charge in [0.2, 0.25) is 11.8 Å². The van der Waals surface area contributed by atoms with Gasteiger partial charge in [0.1, 0.15) is 6.54 Å². The molecule has 29 heavy (non-hydrogen) atoms. The molecule has 0 aliphatic rings. The predicted molar refractivity (Wildman–Crippen MR) is 107 cm³/mol. The van der Waals surface area contributed by atoms with Gasteiger partial charge in [0.15, 0.2) is 12.4 Å². The zero-order chi connectivity index (χ0) is 21.1. The minimum Gasteiger partial charge on any atom is -0.456 e. The number of hydrogen-bond donors (Lipinski definition) is 2. The minimum absolute atomic E-state index is 0.164. The fourth-order valence-corrected chi connectivity index (χ4v) is 2.46. The van der Waals surface area contributed by atoms with Crippen molar-refractivity contribution >= 4 is 23.6 Å². The molecule has 152 valence electrons. The third-order valence-corrected chi connectivity index (χ3v) is 4.13. The van der Waals surface area contributed by atoms with Crippen molar-refractivity contribution in [3.8, 4) is 0 Å². The molecule has 0 spiro atoms. The molecule has 0 saturated heterocycles. The molecule has 2 N–H and O–H groups in total. The normalized spacial score (nSPS) is 10.1. The van der Waals surface area contributed by atoms with Crippen LogP contribution in [0.5, 0.6) is 0 Å². The van der Waals surface area contributed by atoms with E-state index in [2.05, 4.69) is 10.6 Å². The highest BCUT2D eigenvalue weighted by Crippen LogP contribution is 2.06. The number of ether oxygens (including phenoxy) is 1. The van der Waals surface area contributed by atoms with Crippen LogP contribution < -0.4 is 10.6 Å². The molecule has 0 unspecified atom stereocenters. The fourth-order valence-electron chi connectivity index (χ4n) is 2.46. The molecule has 2 rings (SSSR count). The first-order valence-corrected chi connectivity index (χ1v) is 9.33. The summed E-state index contributed by atoms with van der Waals surface area (Å²) in [6, 6.07) is 16.2. The minimum atomic E-state index is -0.729. The Morgan fingerprint density at radius 2 is 1.45 bits per heavy atom. The van der Waals surface area contributed by atoms with E-state index >= 15 is 0 Å². The molecule has 0 aliphatic carbocycles. The quantitative estimate of drug-likeness (QED) is 0.468. The number of nitrogens with one attached hydrogen (secondary N) is 2. The fraction of sp³-hybridized carbons (Fsp3) is 0.273. The van der Waals surface area contributed by atoms with E-state index in [4.69, 9.17) is 4.74 Å². The summed E-state index contributed by atoms with van der Waals surface area (Å²) in [4.78, 5) is 47.2. The zero-order valence-electron chi connectivity index (χ0n) is 16.3. The average molecular weight is 396 g/mol. The lowest BCUT2D eigenvalue weighted by molar-refractivity contribution is -0.142. The van der Waals surface area contributed by atoms with Gasteiger partial charge in [-0.2, -0.15) is 0 Å². The Labute approximate surface area is 169 Å². The van der Waals surface area contributed by atoms with Crippen LogP contribution in [0.1, 0.15) is 28.4 Å². The highest BCUT2D eigenvalue weighted by Gasteiger charge is 2.12. The molecule has 0 radical (unpaired) electrons. The van der Waals surface area contributed by atoms with Gasteiger partial charge in [-0.3, -0.25) is 19.2 Å². The van der Waals surface area contributed by atoms with E-state index in [1.54, 1.807) is 12.1 Å². The highest BCUT2D eigenvalue weighted by molar-refractivity contribution is 5.98. The van der Waals surface area contributed by atoms with Crippen LogP contribution in [0.2, 0.25) is 0 Å². The zero-order valence-corrected chi connectivity index (χ0v) is 16.3. The molecule has 2 aromatic rings. The summed E-state index contributed by atoms with van der Waals surface area (Å²) in [5.41, 5.74) is 2.40. The number of aryl methyl sites for hydroxylation is 1. The van der Waals surface area contributed by atoms with Crippen LogP contribution in [0.15, 0.2) is 54.6 Å². The van der Waals surface area contributed by atoms with E-state index in [0.29, 0.717) is 5.56 Å². The number of ketones is 1. The molecule has 0 bridgehead atoms. The predicted octanol–water partition coefficient (Wildman–Crippen LogP) is 1.45. The summed E-state index contributed by atoms with van der Waals surface area (Å²) in [7, 11) is 0. The molecule has 0 aliphatic heterocycles. The van der Waals surface area contributed by atoms with Crippen molar-refractivity contribution in [3.05, 3.63) is 71.3 Å². The number of esters is 1. The molecular weight excluding hydrogens is 372 g/mol. The van der Waals surface area contributed by atoms with Crippen molar-refractivity contribution in [2.75, 3.05) is 19.7 Å². The molecule has 7 heteroatoms. The van der Waals surface area contributed by atoms with Gasteiger partial charge < -0.3 is 15.4 Å². The summed E-state index contributed by atoms with van der Waals surface area (Å²) in [5, 5.41) is 4.82. The first kappa shape index (κ1) is 21.8. The Morgan fingerprint density at radius 3 is 2.10 bits per heavy atom. The van der Waals surface area contributed by atoms with E-state index in [1.807, 2.05) is 49.4 Å². The Morgan fingerprint density at radius 1 is 0.793 bits per heavy atom. The van der Waals surface area contributed by atoms with Crippen molar-refractivity contribution < 1.29 is 23.9 Å². The number of amides is 2. The van der Waals surface area contributed by atoms with Crippen LogP contribution in [0.4, 0.5) is 0 Å². The second kappa shape index (κ2) is 11.4. The van der Waals surface area contributed by atoms with Crippen LogP contribution in [-0.2, 0) is 32.0 Å². The number of benzene rings is 2. The summed E-state index contributed by atoms with van der Waals surface area (Å²) in [5.74, 6) is -1.87. The summed E-state index contributed by atoms with van der Waals surface area (Å²) in [6.45, 7) is 0.993. The molecule has 0 aromatic heterocycles. The maximum Gasteiger partial charge on any atom is 0.325 e. The van der Waals surface area contributed by atoms with Gasteiger partial charge in [0.25, 0.3) is 0 Å². The van der Waals surface area contributed by atoms with Crippen LogP contribution >= 0.6 is 0 Å². The SMILES string of the molecule is CCc1ccc(C(=O)COC(=O)CNC(=O)CNC(=O)Cc2ccccc2)cc1. The molecular formula is C22H24N2O5. The third kappa shape index (κ3) is 7.96. The van der Waals surface area contributed by atoms with Crippen LogP contribution in [0.3, 0.4) is 0 Å². The monoisotopic (exact) mass is 396 g/mol. The maximum atomic E-state index is 12.0. The Kier molecular flexibility index (Phi) is 8.56. The topological polar surface area (TPSA) is 102 Å². The molecule has 0 atom stereocenters. The Bertz CT molecular complexity index is 847. The first-order valence-electron chi connectivity index (χ1n) is 9.33. The molecule has 2 aromatic carbocycles. The van der Waals surface area contributed by atoms with Gasteiger partial charge in [0.05, 0.1) is 13.0 Å².